The first-order valence-corrected chi connectivity index (χ1v) is 12.7. The Balaban J connectivity index is 2.62. The van der Waals surface area contributed by atoms with E-state index < -0.39 is 106 Å². The van der Waals surface area contributed by atoms with Gasteiger partial charge in [0.25, 0.3) is 5.91 Å². The third-order valence-corrected chi connectivity index (χ3v) is 6.11. The first-order valence-electron chi connectivity index (χ1n) is 11.1. The van der Waals surface area contributed by atoms with Gasteiger partial charge in [-0.25, -0.2) is 23.6 Å². The fourth-order valence-electron chi connectivity index (χ4n) is 2.94. The van der Waals surface area contributed by atoms with E-state index in [1.165, 1.54) is 0 Å². The van der Waals surface area contributed by atoms with Gasteiger partial charge in [0, 0.05) is 24.8 Å². The highest BCUT2D eigenvalue weighted by molar-refractivity contribution is 7.50. The second kappa shape index (κ2) is 15.5. The normalized spacial score (nSPS) is 14.7. The molecule has 0 aliphatic rings. The smallest absolute Gasteiger partial charge is 0.403 e. The number of carbonyl (C=O) groups is 6. The number of hydrogen-bond acceptors (Lipinski definition) is 8. The van der Waals surface area contributed by atoms with Crippen molar-refractivity contribution < 1.29 is 67.6 Å². The summed E-state index contributed by atoms with van der Waals surface area (Å²) in [7, 11) is -4.82. The summed E-state index contributed by atoms with van der Waals surface area (Å²) in [4.78, 5) is 78.7. The molecule has 16 nitrogen and oxygen atoms in total. The SMILES string of the molecule is O=C(O)CC[C@H](NP(=O)(O)OCC[C@H](NC(=O)CC[C@H](NC(=O)c1ccc([18F])cc1)C(=O)O)C(=O)O)C(=O)O. The number of hydrogen-bond donors (Lipinski definition) is 8. The topological polar surface area (TPSA) is 266 Å². The van der Waals surface area contributed by atoms with E-state index in [9.17, 15) is 52.8 Å². The molecule has 1 aromatic carbocycles. The fraction of sp³-hybridized carbons (Fsp3) is 0.429. The van der Waals surface area contributed by atoms with Gasteiger partial charge in [0.2, 0.25) is 5.91 Å². The van der Waals surface area contributed by atoms with E-state index in [1.54, 1.807) is 5.09 Å². The molecule has 0 fully saturated rings. The van der Waals surface area contributed by atoms with Crippen LogP contribution in [0.1, 0.15) is 42.5 Å². The maximum atomic E-state index is 13.0. The van der Waals surface area contributed by atoms with Crippen LogP contribution in [0.2, 0.25) is 0 Å². The molecule has 8 N–H and O–H groups in total. The monoisotopic (exact) mass is 578 g/mol. The number of aliphatic carboxylic acids is 4. The molecular weight excluding hydrogens is 551 g/mol. The van der Waals surface area contributed by atoms with Crippen molar-refractivity contribution in [3.05, 3.63) is 35.6 Å². The van der Waals surface area contributed by atoms with E-state index in [4.69, 9.17) is 10.2 Å². The number of carboxylic acids is 4. The second-order valence-electron chi connectivity index (χ2n) is 7.96. The van der Waals surface area contributed by atoms with E-state index in [2.05, 4.69) is 15.2 Å². The quantitative estimate of drug-likeness (QED) is 0.105. The molecule has 0 aliphatic carbocycles. The molecule has 0 aliphatic heterocycles. The van der Waals surface area contributed by atoms with Crippen LogP contribution in [0.5, 0.6) is 0 Å². The largest absolute Gasteiger partial charge is 0.481 e. The molecule has 0 saturated heterocycles. The van der Waals surface area contributed by atoms with Crippen molar-refractivity contribution in [1.29, 1.82) is 0 Å². The number of halogens is 1. The minimum absolute atomic E-state index is 0.0368. The minimum Gasteiger partial charge on any atom is -0.481 e. The van der Waals surface area contributed by atoms with Crippen molar-refractivity contribution in [1.82, 2.24) is 15.7 Å². The van der Waals surface area contributed by atoms with Gasteiger partial charge >= 0.3 is 31.6 Å². The Morgan fingerprint density at radius 2 is 1.31 bits per heavy atom. The van der Waals surface area contributed by atoms with E-state index in [0.717, 1.165) is 24.3 Å². The third-order valence-electron chi connectivity index (χ3n) is 4.94. The maximum absolute atomic E-state index is 13.0. The van der Waals surface area contributed by atoms with E-state index in [1.807, 2.05) is 0 Å². The number of amides is 2. The summed E-state index contributed by atoms with van der Waals surface area (Å²) in [6.45, 7) is -0.755. The lowest BCUT2D eigenvalue weighted by Crippen LogP contribution is -2.44. The molecule has 4 atom stereocenters. The molecule has 0 radical (unpaired) electrons. The van der Waals surface area contributed by atoms with Crippen molar-refractivity contribution in [2.24, 2.45) is 0 Å². The molecule has 2 amide bonds. The average molecular weight is 578 g/mol. The average Bonchev–Trinajstić information content (AvgIpc) is 2.83. The lowest BCUT2D eigenvalue weighted by atomic mass is 10.1. The fourth-order valence-corrected chi connectivity index (χ4v) is 4.00. The zero-order chi connectivity index (χ0) is 29.8. The summed E-state index contributed by atoms with van der Waals surface area (Å²) >= 11 is 0. The summed E-state index contributed by atoms with van der Waals surface area (Å²) in [5.74, 6) is -8.43. The highest BCUT2D eigenvalue weighted by Crippen LogP contribution is 2.38. The zero-order valence-corrected chi connectivity index (χ0v) is 21.0. The Bertz CT molecular complexity index is 1110. The van der Waals surface area contributed by atoms with E-state index in [0.29, 0.717) is 0 Å². The van der Waals surface area contributed by atoms with Crippen molar-refractivity contribution >= 4 is 43.4 Å². The van der Waals surface area contributed by atoms with Crippen molar-refractivity contribution in [2.75, 3.05) is 6.61 Å². The molecule has 216 valence electrons. The Labute approximate surface area is 219 Å². The van der Waals surface area contributed by atoms with E-state index in [-0.39, 0.29) is 5.56 Å². The Kier molecular flexibility index (Phi) is 13.1. The van der Waals surface area contributed by atoms with Crippen LogP contribution >= 0.6 is 7.75 Å². The van der Waals surface area contributed by atoms with Gasteiger partial charge in [-0.2, -0.15) is 0 Å². The molecule has 0 bridgehead atoms. The molecule has 0 heterocycles. The number of carboxylic acid groups (broad SMARTS) is 4. The Morgan fingerprint density at radius 1 is 0.795 bits per heavy atom. The summed E-state index contributed by atoms with van der Waals surface area (Å²) in [5.41, 5.74) is -0.0368. The first-order chi connectivity index (χ1) is 18.1. The molecule has 1 rings (SSSR count). The maximum Gasteiger partial charge on any atom is 0.403 e. The molecule has 1 unspecified atom stereocenters. The molecule has 18 heteroatoms. The van der Waals surface area contributed by atoms with Gasteiger partial charge in [-0.05, 0) is 37.1 Å². The first kappa shape index (κ1) is 33.1. The number of rotatable bonds is 18. The number of nitrogens with one attached hydrogen (secondary N) is 3. The lowest BCUT2D eigenvalue weighted by molar-refractivity contribution is -0.143. The third kappa shape index (κ3) is 12.9. The standard InChI is InChI=1S/C21H27FN3O13P/c22-12-3-1-11(2-4-12)18(29)24-13(19(30)31)5-7-16(26)23-14(20(32)33)9-10-38-39(36,37)25-15(21(34)35)6-8-17(27)28/h1-4,13-15H,5-10H2,(H,23,26)(H,24,29)(H,27,28)(H,30,31)(H,32,33)(H,34,35)(H2,25,36,37)/t13-,14-,15-/m0/s1/i22-1. The van der Waals surface area contributed by atoms with Crippen LogP contribution < -0.4 is 15.7 Å². The van der Waals surface area contributed by atoms with Crippen LogP contribution in [0.15, 0.2) is 24.3 Å². The van der Waals surface area contributed by atoms with Crippen LogP contribution in [-0.2, 0) is 33.1 Å². The lowest BCUT2D eigenvalue weighted by Gasteiger charge is -2.20. The predicted molar refractivity (Wildman–Crippen MR) is 126 cm³/mol. The van der Waals surface area contributed by atoms with Gasteiger partial charge in [0.05, 0.1) is 6.61 Å². The summed E-state index contributed by atoms with van der Waals surface area (Å²) in [6.07, 6.45) is -2.73. The number of carbonyl (C=O) groups excluding carboxylic acids is 2. The minimum atomic E-state index is -4.82. The van der Waals surface area contributed by atoms with Gasteiger partial charge in [-0.15, -0.1) is 0 Å². The summed E-state index contributed by atoms with van der Waals surface area (Å²) in [6, 6.07) is -0.736. The van der Waals surface area contributed by atoms with Crippen molar-refractivity contribution in [2.45, 2.75) is 50.2 Å². The van der Waals surface area contributed by atoms with Crippen LogP contribution in [-0.4, -0.2) is 85.7 Å². The Hall–Kier alpha value is -3.92. The van der Waals surface area contributed by atoms with Crippen molar-refractivity contribution in [3.63, 3.8) is 0 Å². The van der Waals surface area contributed by atoms with Crippen LogP contribution in [0, 0.1) is 5.82 Å². The molecular formula is C21H27FN3O13P. The van der Waals surface area contributed by atoms with E-state index >= 15 is 0 Å². The van der Waals surface area contributed by atoms with Crippen LogP contribution in [0.4, 0.5) is 4.39 Å². The Morgan fingerprint density at radius 3 is 1.82 bits per heavy atom. The molecule has 0 spiro atoms. The predicted octanol–water partition coefficient (Wildman–Crippen LogP) is -0.227. The molecule has 39 heavy (non-hydrogen) atoms. The van der Waals surface area contributed by atoms with Crippen molar-refractivity contribution in [3.8, 4) is 0 Å². The van der Waals surface area contributed by atoms with Crippen LogP contribution in [0.25, 0.3) is 0 Å². The highest BCUT2D eigenvalue weighted by atomic mass is 31.2. The van der Waals surface area contributed by atoms with Gasteiger partial charge in [-0.1, -0.05) is 0 Å². The highest BCUT2D eigenvalue weighted by Gasteiger charge is 2.30. The molecule has 1 aromatic rings. The van der Waals surface area contributed by atoms with Crippen LogP contribution in [0.3, 0.4) is 0 Å². The summed E-state index contributed by atoms with van der Waals surface area (Å²) in [5, 5.41) is 42.2. The summed E-state index contributed by atoms with van der Waals surface area (Å²) < 4.78 is 29.7. The van der Waals surface area contributed by atoms with Gasteiger partial charge in [0.15, 0.2) is 0 Å². The number of benzene rings is 1. The van der Waals surface area contributed by atoms with Gasteiger partial charge < -0.3 is 36.0 Å². The molecule has 0 aromatic heterocycles. The zero-order valence-electron chi connectivity index (χ0n) is 20.1. The second-order valence-corrected chi connectivity index (χ2v) is 9.52. The van der Waals surface area contributed by atoms with Gasteiger partial charge in [-0.3, -0.25) is 23.7 Å². The van der Waals surface area contributed by atoms with Gasteiger partial charge in [0.1, 0.15) is 23.9 Å². The molecule has 0 saturated carbocycles.